The first-order chi connectivity index (χ1) is 13.5. The number of rotatable bonds is 6. The van der Waals surface area contributed by atoms with Crippen molar-refractivity contribution in [2.24, 2.45) is 4.99 Å². The number of non-ortho nitro benzene ring substituents is 1. The van der Waals surface area contributed by atoms with Crippen molar-refractivity contribution >= 4 is 39.2 Å². The standard InChI is InChI=1S/C20H19N3O4S/c1-14-6-8-17-18(12-14)28-20(22(17)10-11-27-2)21-19(24)9-7-15-4-3-5-16(13-15)23(25)26/h3-9,12-13H,10-11H2,1-2H3. The number of aryl methyl sites for hydroxylation is 1. The molecule has 0 atom stereocenters. The van der Waals surface area contributed by atoms with Crippen molar-refractivity contribution in [1.29, 1.82) is 0 Å². The first-order valence-corrected chi connectivity index (χ1v) is 9.40. The van der Waals surface area contributed by atoms with E-state index in [0.29, 0.717) is 23.5 Å². The molecule has 3 aromatic rings. The van der Waals surface area contributed by atoms with Crippen LogP contribution in [0.2, 0.25) is 0 Å². The minimum atomic E-state index is -0.471. The van der Waals surface area contributed by atoms with Crippen LogP contribution in [-0.4, -0.2) is 29.1 Å². The van der Waals surface area contributed by atoms with Gasteiger partial charge in [0.1, 0.15) is 0 Å². The Morgan fingerprint density at radius 1 is 1.32 bits per heavy atom. The Hall–Kier alpha value is -3.10. The molecule has 0 N–H and O–H groups in total. The number of thiazole rings is 1. The van der Waals surface area contributed by atoms with Crippen LogP contribution in [0.1, 0.15) is 11.1 Å². The van der Waals surface area contributed by atoms with Gasteiger partial charge in [0, 0.05) is 31.9 Å². The topological polar surface area (TPSA) is 86.7 Å². The summed E-state index contributed by atoms with van der Waals surface area (Å²) in [5, 5.41) is 10.8. The second kappa shape index (κ2) is 8.73. The second-order valence-corrected chi connectivity index (χ2v) is 7.14. The van der Waals surface area contributed by atoms with Gasteiger partial charge in [0.15, 0.2) is 4.80 Å². The lowest BCUT2D eigenvalue weighted by atomic mass is 10.2. The Labute approximate surface area is 165 Å². The number of fused-ring (bicyclic) bond motifs is 1. The number of ether oxygens (including phenoxy) is 1. The lowest BCUT2D eigenvalue weighted by molar-refractivity contribution is -0.384. The fourth-order valence-corrected chi connectivity index (χ4v) is 3.87. The van der Waals surface area contributed by atoms with Crippen LogP contribution in [0.4, 0.5) is 5.69 Å². The summed E-state index contributed by atoms with van der Waals surface area (Å²) < 4.78 is 8.18. The van der Waals surface area contributed by atoms with Crippen LogP contribution >= 0.6 is 11.3 Å². The highest BCUT2D eigenvalue weighted by atomic mass is 32.1. The summed E-state index contributed by atoms with van der Waals surface area (Å²) in [5.41, 5.74) is 2.68. The zero-order chi connectivity index (χ0) is 20.1. The second-order valence-electron chi connectivity index (χ2n) is 6.14. The Balaban J connectivity index is 1.93. The van der Waals surface area contributed by atoms with E-state index in [1.807, 2.05) is 23.6 Å². The van der Waals surface area contributed by atoms with Gasteiger partial charge in [0.05, 0.1) is 21.7 Å². The van der Waals surface area contributed by atoms with Crippen molar-refractivity contribution in [3.63, 3.8) is 0 Å². The predicted molar refractivity (Wildman–Crippen MR) is 109 cm³/mol. The van der Waals surface area contributed by atoms with Gasteiger partial charge in [-0.3, -0.25) is 14.9 Å². The fourth-order valence-electron chi connectivity index (χ4n) is 2.71. The van der Waals surface area contributed by atoms with Gasteiger partial charge in [-0.2, -0.15) is 4.99 Å². The molecule has 144 valence electrons. The van der Waals surface area contributed by atoms with Gasteiger partial charge in [0.2, 0.25) is 0 Å². The van der Waals surface area contributed by atoms with Crippen LogP contribution in [0.3, 0.4) is 0 Å². The molecule has 0 saturated carbocycles. The maximum Gasteiger partial charge on any atom is 0.272 e. The normalized spacial score (nSPS) is 12.1. The number of carbonyl (C=O) groups is 1. The number of nitro benzene ring substituents is 1. The maximum absolute atomic E-state index is 12.3. The SMILES string of the molecule is COCCn1c(=NC(=O)C=Cc2cccc([N+](=O)[O-])c2)sc2cc(C)ccc21. The van der Waals surface area contributed by atoms with Gasteiger partial charge in [-0.25, -0.2) is 0 Å². The lowest BCUT2D eigenvalue weighted by Crippen LogP contribution is -2.18. The molecule has 0 fully saturated rings. The highest BCUT2D eigenvalue weighted by Crippen LogP contribution is 2.19. The van der Waals surface area contributed by atoms with Gasteiger partial charge < -0.3 is 9.30 Å². The molecular weight excluding hydrogens is 378 g/mol. The Kier molecular flexibility index (Phi) is 6.13. The van der Waals surface area contributed by atoms with E-state index in [-0.39, 0.29) is 5.69 Å². The quantitative estimate of drug-likeness (QED) is 0.360. The number of nitro groups is 1. The monoisotopic (exact) mass is 397 g/mol. The van der Waals surface area contributed by atoms with E-state index in [4.69, 9.17) is 4.74 Å². The van der Waals surface area contributed by atoms with Crippen LogP contribution in [0.5, 0.6) is 0 Å². The van der Waals surface area contributed by atoms with E-state index < -0.39 is 10.8 Å². The first-order valence-electron chi connectivity index (χ1n) is 8.58. The minimum Gasteiger partial charge on any atom is -0.383 e. The van der Waals surface area contributed by atoms with E-state index in [1.165, 1.54) is 35.6 Å². The van der Waals surface area contributed by atoms with Gasteiger partial charge >= 0.3 is 0 Å². The lowest BCUT2D eigenvalue weighted by Gasteiger charge is -2.04. The fraction of sp³-hybridized carbons (Fsp3) is 0.200. The van der Waals surface area contributed by atoms with E-state index in [2.05, 4.69) is 11.1 Å². The molecular formula is C20H19N3O4S. The van der Waals surface area contributed by atoms with Gasteiger partial charge in [-0.1, -0.05) is 29.5 Å². The molecule has 2 aromatic carbocycles. The highest BCUT2D eigenvalue weighted by Gasteiger charge is 2.08. The van der Waals surface area contributed by atoms with Crippen molar-refractivity contribution in [2.45, 2.75) is 13.5 Å². The molecule has 1 aromatic heterocycles. The third kappa shape index (κ3) is 4.59. The Bertz CT molecular complexity index is 1130. The Morgan fingerprint density at radius 2 is 2.14 bits per heavy atom. The summed E-state index contributed by atoms with van der Waals surface area (Å²) in [6.45, 7) is 3.10. The summed E-state index contributed by atoms with van der Waals surface area (Å²) >= 11 is 1.44. The van der Waals surface area contributed by atoms with Crippen LogP contribution in [0, 0.1) is 17.0 Å². The largest absolute Gasteiger partial charge is 0.383 e. The van der Waals surface area contributed by atoms with E-state index in [0.717, 1.165) is 15.8 Å². The molecule has 0 aliphatic carbocycles. The van der Waals surface area contributed by atoms with Crippen LogP contribution in [0.15, 0.2) is 53.5 Å². The number of benzene rings is 2. The zero-order valence-electron chi connectivity index (χ0n) is 15.5. The summed E-state index contributed by atoms with van der Waals surface area (Å²) in [5.74, 6) is -0.430. The van der Waals surface area contributed by atoms with Gasteiger partial charge in [0.25, 0.3) is 11.6 Å². The molecule has 1 heterocycles. The van der Waals surface area contributed by atoms with Gasteiger partial charge in [-0.05, 0) is 36.3 Å². The van der Waals surface area contributed by atoms with Crippen molar-refractivity contribution in [2.75, 3.05) is 13.7 Å². The average Bonchev–Trinajstić information content (AvgIpc) is 3.00. The molecule has 0 saturated heterocycles. The van der Waals surface area contributed by atoms with Gasteiger partial charge in [-0.15, -0.1) is 0 Å². The minimum absolute atomic E-state index is 0.0242. The molecule has 3 rings (SSSR count). The van der Waals surface area contributed by atoms with Crippen LogP contribution in [0.25, 0.3) is 16.3 Å². The number of aromatic nitrogens is 1. The first kappa shape index (κ1) is 19.7. The summed E-state index contributed by atoms with van der Waals surface area (Å²) in [6.07, 6.45) is 2.84. The molecule has 7 nitrogen and oxygen atoms in total. The van der Waals surface area contributed by atoms with Crippen molar-refractivity contribution in [1.82, 2.24) is 4.57 Å². The highest BCUT2D eigenvalue weighted by molar-refractivity contribution is 7.16. The molecule has 0 radical (unpaired) electrons. The third-order valence-corrected chi connectivity index (χ3v) is 5.10. The van der Waals surface area contributed by atoms with Crippen LogP contribution in [-0.2, 0) is 16.1 Å². The third-order valence-electron chi connectivity index (χ3n) is 4.06. The molecule has 0 unspecified atom stereocenters. The maximum atomic E-state index is 12.3. The molecule has 0 spiro atoms. The van der Waals surface area contributed by atoms with Crippen molar-refractivity contribution in [3.05, 3.63) is 74.6 Å². The molecule has 0 aliphatic heterocycles. The van der Waals surface area contributed by atoms with E-state index in [9.17, 15) is 14.9 Å². The number of methoxy groups -OCH3 is 1. The number of hydrogen-bond acceptors (Lipinski definition) is 5. The van der Waals surface area contributed by atoms with E-state index in [1.54, 1.807) is 19.2 Å². The smallest absolute Gasteiger partial charge is 0.272 e. The molecule has 1 amide bonds. The predicted octanol–water partition coefficient (Wildman–Crippen LogP) is 3.71. The molecule has 8 heteroatoms. The number of carbonyl (C=O) groups excluding carboxylic acids is 1. The van der Waals surface area contributed by atoms with Crippen molar-refractivity contribution in [3.8, 4) is 0 Å². The zero-order valence-corrected chi connectivity index (χ0v) is 16.3. The number of amides is 1. The summed E-state index contributed by atoms with van der Waals surface area (Å²) in [6, 6.07) is 12.2. The Morgan fingerprint density at radius 3 is 2.89 bits per heavy atom. The summed E-state index contributed by atoms with van der Waals surface area (Å²) in [7, 11) is 1.63. The molecule has 0 aliphatic rings. The summed E-state index contributed by atoms with van der Waals surface area (Å²) in [4.78, 5) is 27.5. The van der Waals surface area contributed by atoms with Crippen molar-refractivity contribution < 1.29 is 14.5 Å². The molecule has 28 heavy (non-hydrogen) atoms. The molecule has 0 bridgehead atoms. The number of nitrogens with zero attached hydrogens (tertiary/aromatic N) is 3. The van der Waals surface area contributed by atoms with E-state index >= 15 is 0 Å². The van der Waals surface area contributed by atoms with Crippen LogP contribution < -0.4 is 4.80 Å². The number of hydrogen-bond donors (Lipinski definition) is 0. The average molecular weight is 397 g/mol.